The number of sulfone groups is 1. The molecule has 0 amide bonds. The minimum absolute atomic E-state index is 0. The predicted octanol–water partition coefficient (Wildman–Crippen LogP) is 1.07. The van der Waals surface area contributed by atoms with Crippen molar-refractivity contribution in [2.24, 2.45) is 0 Å². The number of aromatic carboxylic acids is 1. The fraction of sp³-hybridized carbons (Fsp3) is 0.138. The van der Waals surface area contributed by atoms with Crippen LogP contribution in [0.15, 0.2) is 107 Å². The van der Waals surface area contributed by atoms with E-state index in [1.807, 2.05) is 6.07 Å². The van der Waals surface area contributed by atoms with Gasteiger partial charge in [-0.05, 0) is 83.2 Å². The second-order valence-electron chi connectivity index (χ2n) is 8.56. The van der Waals surface area contributed by atoms with E-state index in [1.54, 1.807) is 66.7 Å². The molecule has 0 unspecified atom stereocenters. The van der Waals surface area contributed by atoms with Crippen LogP contribution >= 0.6 is 11.6 Å². The van der Waals surface area contributed by atoms with Crippen LogP contribution in [0.5, 0.6) is 0 Å². The maximum Gasteiger partial charge on any atom is 1.00 e. The van der Waals surface area contributed by atoms with Crippen molar-refractivity contribution < 1.29 is 53.0 Å². The van der Waals surface area contributed by atoms with Gasteiger partial charge in [-0.15, -0.1) is 0 Å². The molecule has 38 heavy (non-hydrogen) atoms. The number of carbonyl (C=O) groups is 1. The predicted molar refractivity (Wildman–Crippen MR) is 141 cm³/mol. The molecule has 0 aliphatic heterocycles. The molecule has 4 rings (SSSR count). The molecule has 1 atom stereocenters. The number of benzene rings is 4. The minimum atomic E-state index is -3.71. The summed E-state index contributed by atoms with van der Waals surface area (Å²) in [5.41, 5.74) is 3.12. The molecule has 0 saturated carbocycles. The van der Waals surface area contributed by atoms with Crippen LogP contribution in [-0.2, 0) is 16.3 Å². The standard InChI is InChI=1S/C29H26ClNO5S.Na/c30-25-6-2-4-23(18-25)28(32)19-31-16-15-20-7-11-26(12-8-20)37(35,36)27-13-9-21(10-14-27)22-3-1-5-24(17-22)29(33)34;/h1-14,17-18,28,31-32H,15-16,19H2,(H,33,34);/q;+1/p-1/t28-;/m0./s1. The van der Waals surface area contributed by atoms with E-state index in [0.717, 1.165) is 11.1 Å². The molecule has 0 saturated heterocycles. The van der Waals surface area contributed by atoms with E-state index >= 15 is 0 Å². The summed E-state index contributed by atoms with van der Waals surface area (Å²) >= 11 is 5.97. The Hall–Kier alpha value is -2.49. The van der Waals surface area contributed by atoms with Crippen LogP contribution in [0.25, 0.3) is 11.1 Å². The number of hydrogen-bond acceptors (Lipinski definition) is 6. The number of rotatable bonds is 10. The van der Waals surface area contributed by atoms with Gasteiger partial charge in [0.05, 0.1) is 21.9 Å². The maximum atomic E-state index is 13.1. The normalized spacial score (nSPS) is 11.9. The van der Waals surface area contributed by atoms with Crippen LogP contribution in [0.1, 0.15) is 27.6 Å². The van der Waals surface area contributed by atoms with Gasteiger partial charge in [0.2, 0.25) is 9.84 Å². The fourth-order valence-corrected chi connectivity index (χ4v) is 5.39. The van der Waals surface area contributed by atoms with Gasteiger partial charge in [-0.25, -0.2) is 8.42 Å². The van der Waals surface area contributed by atoms with Crippen LogP contribution in [0.2, 0.25) is 5.02 Å². The van der Waals surface area contributed by atoms with Crippen molar-refractivity contribution in [1.82, 2.24) is 5.32 Å². The average Bonchev–Trinajstić information content (AvgIpc) is 2.91. The average molecular weight is 558 g/mol. The van der Waals surface area contributed by atoms with Crippen LogP contribution < -0.4 is 40.0 Å². The van der Waals surface area contributed by atoms with Crippen LogP contribution in [0, 0.1) is 0 Å². The van der Waals surface area contributed by atoms with E-state index in [2.05, 4.69) is 5.32 Å². The number of nitrogens with one attached hydrogen (secondary N) is 1. The van der Waals surface area contributed by atoms with Crippen molar-refractivity contribution in [3.8, 4) is 11.1 Å². The van der Waals surface area contributed by atoms with Gasteiger partial charge in [-0.1, -0.05) is 66.2 Å². The summed E-state index contributed by atoms with van der Waals surface area (Å²) in [6, 6.07) is 26.5. The van der Waals surface area contributed by atoms with Crippen LogP contribution in [-0.4, -0.2) is 32.6 Å². The molecule has 190 valence electrons. The first-order valence-corrected chi connectivity index (χ1v) is 13.5. The third-order valence-electron chi connectivity index (χ3n) is 5.99. The van der Waals surface area contributed by atoms with E-state index in [1.165, 1.54) is 24.3 Å². The summed E-state index contributed by atoms with van der Waals surface area (Å²) in [7, 11) is -3.71. The van der Waals surface area contributed by atoms with Gasteiger partial charge in [0.1, 0.15) is 0 Å². The Labute approximate surface area is 249 Å². The summed E-state index contributed by atoms with van der Waals surface area (Å²) in [5.74, 6) is -1.27. The quantitative estimate of drug-likeness (QED) is 0.223. The maximum absolute atomic E-state index is 13.1. The van der Waals surface area contributed by atoms with Gasteiger partial charge in [0.15, 0.2) is 0 Å². The van der Waals surface area contributed by atoms with Crippen molar-refractivity contribution >= 4 is 27.4 Å². The Morgan fingerprint density at radius 3 is 2.13 bits per heavy atom. The summed E-state index contributed by atoms with van der Waals surface area (Å²) in [6.07, 6.45) is -0.00176. The zero-order chi connectivity index (χ0) is 26.4. The third kappa shape index (κ3) is 7.55. The molecule has 0 fully saturated rings. The zero-order valence-corrected chi connectivity index (χ0v) is 24.4. The molecule has 6 nitrogen and oxygen atoms in total. The van der Waals surface area contributed by atoms with Crippen molar-refractivity contribution in [1.29, 1.82) is 0 Å². The second kappa shape index (κ2) is 13.5. The number of carboxylic acids is 1. The molecule has 4 aromatic carbocycles. The van der Waals surface area contributed by atoms with E-state index in [4.69, 9.17) is 11.6 Å². The smallest absolute Gasteiger partial charge is 0.545 e. The van der Waals surface area contributed by atoms with E-state index < -0.39 is 21.9 Å². The van der Waals surface area contributed by atoms with Gasteiger partial charge in [0.25, 0.3) is 0 Å². The van der Waals surface area contributed by atoms with Gasteiger partial charge in [-0.3, -0.25) is 0 Å². The topological polar surface area (TPSA) is 107 Å². The summed E-state index contributed by atoms with van der Waals surface area (Å²) in [5, 5.41) is 25.2. The summed E-state index contributed by atoms with van der Waals surface area (Å²) < 4.78 is 26.2. The molecular formula is C29H25ClNNaO5S. The van der Waals surface area contributed by atoms with Crippen molar-refractivity contribution in [2.75, 3.05) is 13.1 Å². The first-order chi connectivity index (χ1) is 17.7. The molecule has 0 radical (unpaired) electrons. The summed E-state index contributed by atoms with van der Waals surface area (Å²) in [4.78, 5) is 11.4. The molecule has 0 aliphatic carbocycles. The van der Waals surface area contributed by atoms with Gasteiger partial charge < -0.3 is 20.3 Å². The minimum Gasteiger partial charge on any atom is -0.545 e. The Morgan fingerprint density at radius 2 is 1.50 bits per heavy atom. The third-order valence-corrected chi connectivity index (χ3v) is 8.01. The molecular weight excluding hydrogens is 533 g/mol. The van der Waals surface area contributed by atoms with Crippen LogP contribution in [0.3, 0.4) is 0 Å². The second-order valence-corrected chi connectivity index (χ2v) is 11.0. The zero-order valence-electron chi connectivity index (χ0n) is 20.8. The van der Waals surface area contributed by atoms with E-state index in [0.29, 0.717) is 35.7 Å². The van der Waals surface area contributed by atoms with E-state index in [9.17, 15) is 23.4 Å². The van der Waals surface area contributed by atoms with Gasteiger partial charge in [0, 0.05) is 11.6 Å². The molecule has 4 aromatic rings. The first-order valence-electron chi connectivity index (χ1n) is 11.6. The first kappa shape index (κ1) is 30.1. The molecule has 0 aliphatic rings. The molecule has 0 spiro atoms. The molecule has 9 heteroatoms. The monoisotopic (exact) mass is 557 g/mol. The van der Waals surface area contributed by atoms with Gasteiger partial charge in [-0.2, -0.15) is 0 Å². The van der Waals surface area contributed by atoms with Crippen molar-refractivity contribution in [2.45, 2.75) is 22.3 Å². The SMILES string of the molecule is O=C([O-])c1cccc(-c2ccc(S(=O)(=O)c3ccc(CCNC[C@H](O)c4cccc(Cl)c4)cc3)cc2)c1.[Na+]. The number of aliphatic hydroxyl groups is 1. The van der Waals surface area contributed by atoms with Crippen molar-refractivity contribution in [3.05, 3.63) is 119 Å². The van der Waals surface area contributed by atoms with Crippen molar-refractivity contribution in [3.63, 3.8) is 0 Å². The Morgan fingerprint density at radius 1 is 0.868 bits per heavy atom. The Bertz CT molecular complexity index is 1490. The fourth-order valence-electron chi connectivity index (χ4n) is 3.93. The van der Waals surface area contributed by atoms with Gasteiger partial charge >= 0.3 is 29.6 Å². The number of hydrogen-bond donors (Lipinski definition) is 2. The number of halogens is 1. The molecule has 2 N–H and O–H groups in total. The van der Waals surface area contributed by atoms with E-state index in [-0.39, 0.29) is 44.9 Å². The molecule has 0 heterocycles. The largest absolute Gasteiger partial charge is 1.00 e. The molecule has 0 aromatic heterocycles. The summed E-state index contributed by atoms with van der Waals surface area (Å²) in [6.45, 7) is 0.991. The number of carbonyl (C=O) groups excluding carboxylic acids is 1. The molecule has 0 bridgehead atoms. The van der Waals surface area contributed by atoms with Crippen LogP contribution in [0.4, 0.5) is 0 Å². The number of carboxylic acid groups (broad SMARTS) is 1. The Balaban J connectivity index is 0.00000400. The Kier molecular flexibility index (Phi) is 10.7. The number of aliphatic hydroxyl groups excluding tert-OH is 1.